The van der Waals surface area contributed by atoms with Gasteiger partial charge in [-0.25, -0.2) is 0 Å². The van der Waals surface area contributed by atoms with E-state index in [0.29, 0.717) is 23.3 Å². The summed E-state index contributed by atoms with van der Waals surface area (Å²) in [5.41, 5.74) is 2.50. The fourth-order valence-corrected chi connectivity index (χ4v) is 3.88. The van der Waals surface area contributed by atoms with Crippen molar-refractivity contribution in [2.24, 2.45) is 11.8 Å². The van der Waals surface area contributed by atoms with Crippen LogP contribution in [-0.4, -0.2) is 10.2 Å². The first kappa shape index (κ1) is 15.0. The molecule has 0 aliphatic heterocycles. The highest BCUT2D eigenvalue weighted by atomic mass is 16.3. The zero-order valence-corrected chi connectivity index (χ0v) is 13.1. The molecule has 1 fully saturated rings. The van der Waals surface area contributed by atoms with E-state index in [1.165, 1.54) is 36.8 Å². The molecular formula is C20H24O2. The number of rotatable bonds is 3. The number of hydrogen-bond acceptors (Lipinski definition) is 2. The highest BCUT2D eigenvalue weighted by Crippen LogP contribution is 2.42. The molecule has 0 aromatic heterocycles. The number of phenols is 2. The van der Waals surface area contributed by atoms with Crippen molar-refractivity contribution in [1.82, 2.24) is 0 Å². The molecule has 2 aromatic carbocycles. The Morgan fingerprint density at radius 3 is 1.77 bits per heavy atom. The Morgan fingerprint density at radius 1 is 0.818 bits per heavy atom. The molecule has 2 nitrogen and oxygen atoms in total. The maximum absolute atomic E-state index is 9.56. The van der Waals surface area contributed by atoms with Crippen LogP contribution in [0.3, 0.4) is 0 Å². The molecule has 2 unspecified atom stereocenters. The molecule has 0 saturated heterocycles. The molecule has 3 rings (SSSR count). The predicted molar refractivity (Wildman–Crippen MR) is 89.2 cm³/mol. The molecule has 116 valence electrons. The van der Waals surface area contributed by atoms with Crippen molar-refractivity contribution in [2.75, 3.05) is 0 Å². The van der Waals surface area contributed by atoms with Crippen LogP contribution in [0.1, 0.15) is 49.7 Å². The lowest BCUT2D eigenvalue weighted by Gasteiger charge is -2.34. The highest BCUT2D eigenvalue weighted by Gasteiger charge is 2.29. The Morgan fingerprint density at radius 2 is 1.32 bits per heavy atom. The maximum Gasteiger partial charge on any atom is 0.115 e. The van der Waals surface area contributed by atoms with Crippen LogP contribution in [0.5, 0.6) is 11.5 Å². The van der Waals surface area contributed by atoms with Crippen molar-refractivity contribution >= 4 is 0 Å². The van der Waals surface area contributed by atoms with Crippen LogP contribution in [0.2, 0.25) is 0 Å². The lowest BCUT2D eigenvalue weighted by atomic mass is 9.71. The standard InChI is InChI=1S/C20H24O2/c1-14-3-2-4-17(13-14)20(15-5-9-18(21)10-6-15)16-7-11-19(22)12-8-16/h5-12,14,17,20-22H,2-4,13H2,1H3. The van der Waals surface area contributed by atoms with E-state index in [1.54, 1.807) is 24.3 Å². The molecule has 0 heterocycles. The van der Waals surface area contributed by atoms with Crippen LogP contribution >= 0.6 is 0 Å². The Hall–Kier alpha value is -1.96. The summed E-state index contributed by atoms with van der Waals surface area (Å²) >= 11 is 0. The monoisotopic (exact) mass is 296 g/mol. The van der Waals surface area contributed by atoms with Gasteiger partial charge in [-0.3, -0.25) is 0 Å². The van der Waals surface area contributed by atoms with Crippen molar-refractivity contribution in [2.45, 2.75) is 38.5 Å². The van der Waals surface area contributed by atoms with Gasteiger partial charge in [0.25, 0.3) is 0 Å². The zero-order valence-electron chi connectivity index (χ0n) is 13.1. The molecule has 1 saturated carbocycles. The summed E-state index contributed by atoms with van der Waals surface area (Å²) in [5.74, 6) is 2.35. The van der Waals surface area contributed by atoms with Gasteiger partial charge in [0.15, 0.2) is 0 Å². The predicted octanol–water partition coefficient (Wildman–Crippen LogP) is 5.06. The molecular weight excluding hydrogens is 272 g/mol. The Labute approximate surface area is 132 Å². The first-order valence-electron chi connectivity index (χ1n) is 8.21. The SMILES string of the molecule is CC1CCCC(C(c2ccc(O)cc2)c2ccc(O)cc2)C1. The number of hydrogen-bond donors (Lipinski definition) is 2. The summed E-state index contributed by atoms with van der Waals surface area (Å²) in [4.78, 5) is 0. The highest BCUT2D eigenvalue weighted by molar-refractivity contribution is 5.38. The summed E-state index contributed by atoms with van der Waals surface area (Å²) in [6.07, 6.45) is 5.11. The second kappa shape index (κ2) is 6.43. The average molecular weight is 296 g/mol. The van der Waals surface area contributed by atoms with Gasteiger partial charge in [0, 0.05) is 5.92 Å². The van der Waals surface area contributed by atoms with Gasteiger partial charge in [0.1, 0.15) is 11.5 Å². The first-order chi connectivity index (χ1) is 10.6. The van der Waals surface area contributed by atoms with E-state index < -0.39 is 0 Å². The van der Waals surface area contributed by atoms with Crippen molar-refractivity contribution in [3.63, 3.8) is 0 Å². The van der Waals surface area contributed by atoms with E-state index in [-0.39, 0.29) is 0 Å². The second-order valence-corrected chi connectivity index (χ2v) is 6.69. The minimum absolute atomic E-state index is 0.310. The van der Waals surface area contributed by atoms with Gasteiger partial charge in [-0.15, -0.1) is 0 Å². The Balaban J connectivity index is 1.97. The van der Waals surface area contributed by atoms with Crippen LogP contribution in [0.4, 0.5) is 0 Å². The summed E-state index contributed by atoms with van der Waals surface area (Å²) in [6, 6.07) is 15.2. The summed E-state index contributed by atoms with van der Waals surface area (Å²) in [7, 11) is 0. The van der Waals surface area contributed by atoms with Crippen LogP contribution < -0.4 is 0 Å². The van der Waals surface area contributed by atoms with E-state index in [0.717, 1.165) is 5.92 Å². The van der Waals surface area contributed by atoms with E-state index in [9.17, 15) is 10.2 Å². The summed E-state index contributed by atoms with van der Waals surface area (Å²) in [5, 5.41) is 19.1. The van der Waals surface area contributed by atoms with Gasteiger partial charge in [-0.05, 0) is 60.1 Å². The number of aromatic hydroxyl groups is 2. The normalized spacial score (nSPS) is 21.9. The molecule has 0 bridgehead atoms. The van der Waals surface area contributed by atoms with Gasteiger partial charge in [0.05, 0.1) is 0 Å². The van der Waals surface area contributed by atoms with Gasteiger partial charge in [0.2, 0.25) is 0 Å². The molecule has 2 heteroatoms. The number of benzene rings is 2. The molecule has 0 radical (unpaired) electrons. The third-order valence-corrected chi connectivity index (χ3v) is 4.95. The van der Waals surface area contributed by atoms with Crippen LogP contribution in [0, 0.1) is 11.8 Å². The van der Waals surface area contributed by atoms with E-state index in [1.807, 2.05) is 24.3 Å². The minimum atomic E-state index is 0.310. The molecule has 22 heavy (non-hydrogen) atoms. The van der Waals surface area contributed by atoms with Gasteiger partial charge < -0.3 is 10.2 Å². The molecule has 1 aliphatic carbocycles. The van der Waals surface area contributed by atoms with E-state index in [2.05, 4.69) is 6.92 Å². The van der Waals surface area contributed by atoms with Crippen molar-refractivity contribution in [1.29, 1.82) is 0 Å². The van der Waals surface area contributed by atoms with Gasteiger partial charge in [-0.1, -0.05) is 44.0 Å². The fraction of sp³-hybridized carbons (Fsp3) is 0.400. The van der Waals surface area contributed by atoms with Gasteiger partial charge in [-0.2, -0.15) is 0 Å². The maximum atomic E-state index is 9.56. The second-order valence-electron chi connectivity index (χ2n) is 6.69. The molecule has 2 N–H and O–H groups in total. The third kappa shape index (κ3) is 3.27. The lowest BCUT2D eigenvalue weighted by Crippen LogP contribution is -2.21. The van der Waals surface area contributed by atoms with Crippen molar-refractivity contribution < 1.29 is 10.2 Å². The quantitative estimate of drug-likeness (QED) is 0.831. The van der Waals surface area contributed by atoms with Crippen LogP contribution in [0.25, 0.3) is 0 Å². The number of phenolic OH excluding ortho intramolecular Hbond substituents is 2. The molecule has 2 aromatic rings. The smallest absolute Gasteiger partial charge is 0.115 e. The largest absolute Gasteiger partial charge is 0.508 e. The van der Waals surface area contributed by atoms with Crippen molar-refractivity contribution in [3.8, 4) is 11.5 Å². The topological polar surface area (TPSA) is 40.5 Å². The van der Waals surface area contributed by atoms with E-state index in [4.69, 9.17) is 0 Å². The molecule has 2 atom stereocenters. The lowest BCUT2D eigenvalue weighted by molar-refractivity contribution is 0.261. The van der Waals surface area contributed by atoms with Crippen LogP contribution in [0.15, 0.2) is 48.5 Å². The van der Waals surface area contributed by atoms with Gasteiger partial charge >= 0.3 is 0 Å². The Kier molecular flexibility index (Phi) is 4.37. The van der Waals surface area contributed by atoms with E-state index >= 15 is 0 Å². The Bertz CT molecular complexity index is 555. The summed E-state index contributed by atoms with van der Waals surface area (Å²) in [6.45, 7) is 2.34. The minimum Gasteiger partial charge on any atom is -0.508 e. The fourth-order valence-electron chi connectivity index (χ4n) is 3.88. The molecule has 0 amide bonds. The third-order valence-electron chi connectivity index (χ3n) is 4.95. The molecule has 1 aliphatic rings. The summed E-state index contributed by atoms with van der Waals surface area (Å²) < 4.78 is 0. The van der Waals surface area contributed by atoms with Crippen LogP contribution in [-0.2, 0) is 0 Å². The van der Waals surface area contributed by atoms with Crippen molar-refractivity contribution in [3.05, 3.63) is 59.7 Å². The zero-order chi connectivity index (χ0) is 15.5. The molecule has 0 spiro atoms. The first-order valence-corrected chi connectivity index (χ1v) is 8.21. The average Bonchev–Trinajstić information content (AvgIpc) is 2.51.